The number of thiophene rings is 1. The number of nitrogen functional groups attached to an aromatic ring is 1. The maximum Gasteiger partial charge on any atom is 0.268 e. The zero-order valence-electron chi connectivity index (χ0n) is 18.1. The second-order valence-corrected chi connectivity index (χ2v) is 8.58. The first-order valence-electron chi connectivity index (χ1n) is 10.3. The van der Waals surface area contributed by atoms with Crippen molar-refractivity contribution in [2.24, 2.45) is 0 Å². The number of furan rings is 1. The topological polar surface area (TPSA) is 90.4 Å². The molecule has 1 amide bonds. The molecule has 6 nitrogen and oxygen atoms in total. The molecule has 0 aliphatic rings. The van der Waals surface area contributed by atoms with E-state index in [2.05, 4.69) is 5.32 Å². The van der Waals surface area contributed by atoms with Gasteiger partial charge in [0.2, 0.25) is 0 Å². The van der Waals surface area contributed by atoms with Crippen LogP contribution < -0.4 is 15.8 Å². The molecular formula is C26H21N3O3S. The van der Waals surface area contributed by atoms with Gasteiger partial charge in [-0.3, -0.25) is 4.79 Å². The standard InChI is InChI=1S/C26H21N3O3S/c1-15-9-11-16(12-10-15)19-14-17(20-8-5-13-32-20)22-23(27)24(33-26(22)29-19)25(30)28-18-6-3-4-7-21(18)31-2/h3-14H,27H2,1-2H3,(H,28,30). The lowest BCUT2D eigenvalue weighted by Gasteiger charge is -2.09. The highest BCUT2D eigenvalue weighted by Gasteiger charge is 2.23. The fourth-order valence-corrected chi connectivity index (χ4v) is 4.73. The number of rotatable bonds is 5. The van der Waals surface area contributed by atoms with Crippen LogP contribution in [0.1, 0.15) is 15.2 Å². The zero-order chi connectivity index (χ0) is 22.9. The maximum absolute atomic E-state index is 13.2. The van der Waals surface area contributed by atoms with Gasteiger partial charge in [-0.05, 0) is 37.3 Å². The van der Waals surface area contributed by atoms with E-state index in [1.165, 1.54) is 16.9 Å². The average Bonchev–Trinajstić information content (AvgIpc) is 3.48. The Balaban J connectivity index is 1.64. The van der Waals surface area contributed by atoms with Crippen molar-refractivity contribution in [3.63, 3.8) is 0 Å². The molecule has 5 aromatic rings. The summed E-state index contributed by atoms with van der Waals surface area (Å²) in [6.45, 7) is 2.04. The second kappa shape index (κ2) is 8.44. The molecule has 0 aliphatic heterocycles. The molecule has 0 bridgehead atoms. The summed E-state index contributed by atoms with van der Waals surface area (Å²) in [6.07, 6.45) is 1.62. The van der Waals surface area contributed by atoms with Crippen LogP contribution in [0.5, 0.6) is 5.75 Å². The number of benzene rings is 2. The third kappa shape index (κ3) is 3.83. The molecule has 2 aromatic carbocycles. The fourth-order valence-electron chi connectivity index (χ4n) is 3.71. The van der Waals surface area contributed by atoms with Crippen molar-refractivity contribution < 1.29 is 13.9 Å². The Bertz CT molecular complexity index is 1450. The lowest BCUT2D eigenvalue weighted by atomic mass is 10.0. The number of anilines is 2. The van der Waals surface area contributed by atoms with E-state index in [-0.39, 0.29) is 5.91 Å². The highest BCUT2D eigenvalue weighted by atomic mass is 32.1. The van der Waals surface area contributed by atoms with Gasteiger partial charge in [0, 0.05) is 16.5 Å². The number of nitrogens with one attached hydrogen (secondary N) is 1. The molecule has 33 heavy (non-hydrogen) atoms. The molecule has 0 spiro atoms. The molecule has 0 fully saturated rings. The average molecular weight is 456 g/mol. The zero-order valence-corrected chi connectivity index (χ0v) is 18.9. The van der Waals surface area contributed by atoms with Crippen LogP contribution in [0, 0.1) is 6.92 Å². The van der Waals surface area contributed by atoms with Crippen molar-refractivity contribution in [3.8, 4) is 28.3 Å². The maximum atomic E-state index is 13.2. The van der Waals surface area contributed by atoms with Crippen LogP contribution in [0.25, 0.3) is 32.8 Å². The SMILES string of the molecule is COc1ccccc1NC(=O)c1sc2nc(-c3ccc(C)cc3)cc(-c3ccco3)c2c1N. The number of hydrogen-bond acceptors (Lipinski definition) is 6. The van der Waals surface area contributed by atoms with Crippen molar-refractivity contribution >= 4 is 38.8 Å². The first kappa shape index (κ1) is 20.8. The fraction of sp³-hybridized carbons (Fsp3) is 0.0769. The largest absolute Gasteiger partial charge is 0.495 e. The van der Waals surface area contributed by atoms with Gasteiger partial charge < -0.3 is 20.2 Å². The minimum absolute atomic E-state index is 0.317. The summed E-state index contributed by atoms with van der Waals surface area (Å²) in [4.78, 5) is 19.1. The smallest absolute Gasteiger partial charge is 0.268 e. The van der Waals surface area contributed by atoms with Crippen LogP contribution in [0.15, 0.2) is 77.4 Å². The number of ether oxygens (including phenoxy) is 1. The molecule has 7 heteroatoms. The van der Waals surface area contributed by atoms with Gasteiger partial charge in [-0.25, -0.2) is 4.98 Å². The number of para-hydroxylation sites is 2. The monoisotopic (exact) mass is 455 g/mol. The van der Waals surface area contributed by atoms with Gasteiger partial charge in [0.05, 0.1) is 30.4 Å². The van der Waals surface area contributed by atoms with E-state index in [4.69, 9.17) is 19.9 Å². The summed E-state index contributed by atoms with van der Waals surface area (Å²) in [5, 5.41) is 3.61. The Morgan fingerprint density at radius 2 is 1.88 bits per heavy atom. The number of carbonyl (C=O) groups is 1. The third-order valence-electron chi connectivity index (χ3n) is 5.39. The van der Waals surface area contributed by atoms with Gasteiger partial charge in [-0.1, -0.05) is 42.0 Å². The van der Waals surface area contributed by atoms with Gasteiger partial charge in [-0.2, -0.15) is 0 Å². The Hall–Kier alpha value is -4.10. The third-order valence-corrected chi connectivity index (χ3v) is 6.49. The van der Waals surface area contributed by atoms with Gasteiger partial charge in [-0.15, -0.1) is 11.3 Å². The van der Waals surface area contributed by atoms with Crippen molar-refractivity contribution in [2.45, 2.75) is 6.92 Å². The number of methoxy groups -OCH3 is 1. The predicted molar refractivity (Wildman–Crippen MR) is 133 cm³/mol. The number of aromatic nitrogens is 1. The summed E-state index contributed by atoms with van der Waals surface area (Å²) in [6, 6.07) is 21.0. The quantitative estimate of drug-likeness (QED) is 0.321. The van der Waals surface area contributed by atoms with Crippen LogP contribution in [0.2, 0.25) is 0 Å². The number of aryl methyl sites for hydroxylation is 1. The Labute approximate surface area is 194 Å². The van der Waals surface area contributed by atoms with E-state index >= 15 is 0 Å². The lowest BCUT2D eigenvalue weighted by molar-refractivity contribution is 0.103. The highest BCUT2D eigenvalue weighted by Crippen LogP contribution is 2.42. The van der Waals surface area contributed by atoms with E-state index in [1.807, 2.05) is 61.5 Å². The Morgan fingerprint density at radius 3 is 2.61 bits per heavy atom. The molecule has 3 heterocycles. The number of fused-ring (bicyclic) bond motifs is 1. The summed E-state index contributed by atoms with van der Waals surface area (Å²) < 4.78 is 11.0. The number of hydrogen-bond donors (Lipinski definition) is 2. The molecule has 3 aromatic heterocycles. The highest BCUT2D eigenvalue weighted by molar-refractivity contribution is 7.21. The van der Waals surface area contributed by atoms with Crippen LogP contribution in [0.4, 0.5) is 11.4 Å². The molecule has 0 aliphatic carbocycles. The number of nitrogens with zero attached hydrogens (tertiary/aromatic N) is 1. The molecule has 0 saturated heterocycles. The van der Waals surface area contributed by atoms with Crippen molar-refractivity contribution in [3.05, 3.63) is 83.4 Å². The van der Waals surface area contributed by atoms with Crippen molar-refractivity contribution in [1.82, 2.24) is 4.98 Å². The minimum atomic E-state index is -0.317. The summed E-state index contributed by atoms with van der Waals surface area (Å²) in [5.74, 6) is 0.917. The minimum Gasteiger partial charge on any atom is -0.495 e. The van der Waals surface area contributed by atoms with Crippen LogP contribution in [-0.4, -0.2) is 18.0 Å². The van der Waals surface area contributed by atoms with Gasteiger partial charge >= 0.3 is 0 Å². The molecule has 0 radical (unpaired) electrons. The van der Waals surface area contributed by atoms with E-state index in [1.54, 1.807) is 25.5 Å². The van der Waals surface area contributed by atoms with Crippen LogP contribution >= 0.6 is 11.3 Å². The summed E-state index contributed by atoms with van der Waals surface area (Å²) >= 11 is 1.26. The predicted octanol–water partition coefficient (Wildman–Crippen LogP) is 6.37. The molecular weight excluding hydrogens is 434 g/mol. The van der Waals surface area contributed by atoms with E-state index in [9.17, 15) is 4.79 Å². The Morgan fingerprint density at radius 1 is 1.09 bits per heavy atom. The summed E-state index contributed by atoms with van der Waals surface area (Å²) in [7, 11) is 1.56. The van der Waals surface area contributed by atoms with E-state index in [0.717, 1.165) is 16.8 Å². The van der Waals surface area contributed by atoms with Gasteiger partial charge in [0.15, 0.2) is 0 Å². The first-order chi connectivity index (χ1) is 16.0. The Kier molecular flexibility index (Phi) is 5.32. The molecule has 0 unspecified atom stereocenters. The van der Waals surface area contributed by atoms with Gasteiger partial charge in [0.25, 0.3) is 5.91 Å². The molecule has 164 valence electrons. The number of carbonyl (C=O) groups excluding carboxylic acids is 1. The first-order valence-corrected chi connectivity index (χ1v) is 11.1. The molecule has 0 atom stereocenters. The number of amides is 1. The lowest BCUT2D eigenvalue weighted by Crippen LogP contribution is -2.12. The molecule has 3 N–H and O–H groups in total. The number of nitrogens with two attached hydrogens (primary N) is 1. The van der Waals surface area contributed by atoms with Gasteiger partial charge in [0.1, 0.15) is 21.2 Å². The van der Waals surface area contributed by atoms with E-state index < -0.39 is 0 Å². The number of pyridine rings is 1. The van der Waals surface area contributed by atoms with Crippen LogP contribution in [-0.2, 0) is 0 Å². The van der Waals surface area contributed by atoms with Crippen LogP contribution in [0.3, 0.4) is 0 Å². The van der Waals surface area contributed by atoms with E-state index in [0.29, 0.717) is 38.0 Å². The van der Waals surface area contributed by atoms with Crippen molar-refractivity contribution in [2.75, 3.05) is 18.2 Å². The van der Waals surface area contributed by atoms with Crippen molar-refractivity contribution in [1.29, 1.82) is 0 Å². The molecule has 5 rings (SSSR count). The summed E-state index contributed by atoms with van der Waals surface area (Å²) in [5.41, 5.74) is 11.2. The second-order valence-electron chi connectivity index (χ2n) is 7.58. The normalized spacial score (nSPS) is 11.0. The molecule has 0 saturated carbocycles.